The highest BCUT2D eigenvalue weighted by Crippen LogP contribution is 2.18. The summed E-state index contributed by atoms with van der Waals surface area (Å²) in [5.41, 5.74) is 4.60. The van der Waals surface area contributed by atoms with Crippen LogP contribution in [0.5, 0.6) is 0 Å². The van der Waals surface area contributed by atoms with Crippen LogP contribution in [0.15, 0.2) is 42.6 Å². The maximum absolute atomic E-state index is 12.8. The van der Waals surface area contributed by atoms with Crippen LogP contribution in [0.25, 0.3) is 5.65 Å². The molecule has 3 heterocycles. The smallest absolute Gasteiger partial charge is 0.274 e. The normalized spacial score (nSPS) is 15.0. The molecule has 1 amide bonds. The van der Waals surface area contributed by atoms with Crippen molar-refractivity contribution in [2.24, 2.45) is 0 Å². The molecule has 0 spiro atoms. The van der Waals surface area contributed by atoms with Gasteiger partial charge in [-0.05, 0) is 43.7 Å². The van der Waals surface area contributed by atoms with Gasteiger partial charge in [-0.15, -0.1) is 0 Å². The van der Waals surface area contributed by atoms with Gasteiger partial charge in [-0.25, -0.2) is 9.50 Å². The van der Waals surface area contributed by atoms with Gasteiger partial charge in [-0.1, -0.05) is 12.1 Å². The second-order valence-corrected chi connectivity index (χ2v) is 6.52. The van der Waals surface area contributed by atoms with E-state index in [1.165, 1.54) is 11.3 Å². The fraction of sp³-hybridized carbons (Fsp3) is 0.316. The Hall–Kier alpha value is -2.89. The number of carbonyl (C=O) groups is 1. The quantitative estimate of drug-likeness (QED) is 0.721. The molecule has 0 saturated carbocycles. The fourth-order valence-electron chi connectivity index (χ4n) is 3.27. The average molecular weight is 335 g/mol. The van der Waals surface area contributed by atoms with Crippen LogP contribution >= 0.6 is 0 Å². The molecule has 0 radical (unpaired) electrons. The Labute approximate surface area is 146 Å². The molecule has 0 bridgehead atoms. The van der Waals surface area contributed by atoms with Crippen molar-refractivity contribution in [2.45, 2.75) is 13.8 Å². The molecule has 0 atom stereocenters. The van der Waals surface area contributed by atoms with Crippen molar-refractivity contribution in [1.82, 2.24) is 19.5 Å². The lowest BCUT2D eigenvalue weighted by molar-refractivity contribution is 0.0739. The third-order valence-electron chi connectivity index (χ3n) is 4.59. The minimum absolute atomic E-state index is 0.0165. The number of anilines is 1. The molecule has 1 aliphatic heterocycles. The van der Waals surface area contributed by atoms with Crippen molar-refractivity contribution < 1.29 is 4.79 Å². The zero-order valence-electron chi connectivity index (χ0n) is 14.5. The highest BCUT2D eigenvalue weighted by atomic mass is 16.2. The Morgan fingerprint density at radius 3 is 2.60 bits per heavy atom. The number of nitrogens with zero attached hydrogens (tertiary/aromatic N) is 5. The van der Waals surface area contributed by atoms with Gasteiger partial charge < -0.3 is 9.80 Å². The van der Waals surface area contributed by atoms with E-state index >= 15 is 0 Å². The molecule has 6 nitrogen and oxygen atoms in total. The van der Waals surface area contributed by atoms with Crippen molar-refractivity contribution in [2.75, 3.05) is 31.1 Å². The number of benzene rings is 1. The molecule has 3 aromatic rings. The van der Waals surface area contributed by atoms with E-state index < -0.39 is 0 Å². The first-order valence-electron chi connectivity index (χ1n) is 8.54. The summed E-state index contributed by atoms with van der Waals surface area (Å²) in [6.45, 7) is 7.09. The van der Waals surface area contributed by atoms with Crippen LogP contribution in [0.2, 0.25) is 0 Å². The highest BCUT2D eigenvalue weighted by molar-refractivity contribution is 5.92. The topological polar surface area (TPSA) is 53.7 Å². The van der Waals surface area contributed by atoms with Crippen LogP contribution in [0.3, 0.4) is 0 Å². The van der Waals surface area contributed by atoms with Crippen molar-refractivity contribution in [3.8, 4) is 0 Å². The lowest BCUT2D eigenvalue weighted by Crippen LogP contribution is -2.49. The molecular weight excluding hydrogens is 314 g/mol. The standard InChI is InChI=1S/C19H21N5O/c1-14-4-3-5-16(12-14)22-8-10-23(11-9-22)19(25)17-6-7-18-20-15(2)13-24(18)21-17/h3-7,12-13H,8-11H2,1-2H3. The molecule has 1 saturated heterocycles. The summed E-state index contributed by atoms with van der Waals surface area (Å²) < 4.78 is 1.67. The molecule has 1 aliphatic rings. The van der Waals surface area contributed by atoms with Crippen molar-refractivity contribution in [3.63, 3.8) is 0 Å². The van der Waals surface area contributed by atoms with E-state index in [0.29, 0.717) is 18.8 Å². The van der Waals surface area contributed by atoms with Crippen LogP contribution in [0.4, 0.5) is 5.69 Å². The van der Waals surface area contributed by atoms with Gasteiger partial charge in [0.25, 0.3) is 5.91 Å². The van der Waals surface area contributed by atoms with Crippen LogP contribution < -0.4 is 4.90 Å². The number of aromatic nitrogens is 3. The van der Waals surface area contributed by atoms with E-state index in [-0.39, 0.29) is 5.91 Å². The predicted octanol–water partition coefficient (Wildman–Crippen LogP) is 2.31. The lowest BCUT2D eigenvalue weighted by atomic mass is 10.2. The van der Waals surface area contributed by atoms with Gasteiger partial charge >= 0.3 is 0 Å². The molecule has 2 aromatic heterocycles. The van der Waals surface area contributed by atoms with E-state index in [9.17, 15) is 4.79 Å². The third-order valence-corrected chi connectivity index (χ3v) is 4.59. The summed E-state index contributed by atoms with van der Waals surface area (Å²) in [7, 11) is 0. The minimum Gasteiger partial charge on any atom is -0.368 e. The summed E-state index contributed by atoms with van der Waals surface area (Å²) in [5, 5.41) is 4.41. The molecule has 25 heavy (non-hydrogen) atoms. The highest BCUT2D eigenvalue weighted by Gasteiger charge is 2.23. The number of hydrogen-bond acceptors (Lipinski definition) is 4. The third kappa shape index (κ3) is 3.07. The van der Waals surface area contributed by atoms with Gasteiger partial charge in [0.05, 0.1) is 11.9 Å². The maximum Gasteiger partial charge on any atom is 0.274 e. The summed E-state index contributed by atoms with van der Waals surface area (Å²) in [4.78, 5) is 21.3. The molecule has 1 aromatic carbocycles. The van der Waals surface area contributed by atoms with Gasteiger partial charge in [0.1, 0.15) is 5.69 Å². The fourth-order valence-corrected chi connectivity index (χ4v) is 3.27. The van der Waals surface area contributed by atoms with Crippen molar-refractivity contribution in [1.29, 1.82) is 0 Å². The second kappa shape index (κ2) is 6.20. The summed E-state index contributed by atoms with van der Waals surface area (Å²) in [6, 6.07) is 12.1. The van der Waals surface area contributed by atoms with Crippen molar-refractivity contribution >= 4 is 17.2 Å². The van der Waals surface area contributed by atoms with Crippen LogP contribution in [-0.2, 0) is 0 Å². The summed E-state index contributed by atoms with van der Waals surface area (Å²) in [6.07, 6.45) is 1.84. The first-order valence-corrected chi connectivity index (χ1v) is 8.54. The van der Waals surface area contributed by atoms with Gasteiger partial charge in [-0.2, -0.15) is 5.10 Å². The van der Waals surface area contributed by atoms with Crippen LogP contribution in [-0.4, -0.2) is 51.6 Å². The van der Waals surface area contributed by atoms with E-state index in [1.54, 1.807) is 10.6 Å². The summed E-state index contributed by atoms with van der Waals surface area (Å²) >= 11 is 0. The van der Waals surface area contributed by atoms with Gasteiger partial charge in [0.2, 0.25) is 0 Å². The number of fused-ring (bicyclic) bond motifs is 1. The number of piperazine rings is 1. The number of imidazole rings is 1. The summed E-state index contributed by atoms with van der Waals surface area (Å²) in [5.74, 6) is -0.0165. The Bertz CT molecular complexity index is 924. The average Bonchev–Trinajstić information content (AvgIpc) is 3.00. The Kier molecular flexibility index (Phi) is 3.87. The maximum atomic E-state index is 12.8. The first-order chi connectivity index (χ1) is 12.1. The zero-order chi connectivity index (χ0) is 17.4. The molecule has 4 rings (SSSR count). The SMILES string of the molecule is Cc1cccc(N2CCN(C(=O)c3ccc4nc(C)cn4n3)CC2)c1. The molecule has 0 unspecified atom stereocenters. The molecular formula is C19H21N5O. The molecule has 128 valence electrons. The van der Waals surface area contributed by atoms with Gasteiger partial charge in [-0.3, -0.25) is 4.79 Å². The second-order valence-electron chi connectivity index (χ2n) is 6.52. The molecule has 6 heteroatoms. The van der Waals surface area contributed by atoms with Crippen molar-refractivity contribution in [3.05, 3.63) is 59.5 Å². The van der Waals surface area contributed by atoms with E-state index in [4.69, 9.17) is 0 Å². The number of rotatable bonds is 2. The molecule has 0 N–H and O–H groups in total. The largest absolute Gasteiger partial charge is 0.368 e. The molecule has 1 fully saturated rings. The van der Waals surface area contributed by atoms with Crippen LogP contribution in [0.1, 0.15) is 21.7 Å². The minimum atomic E-state index is -0.0165. The van der Waals surface area contributed by atoms with Gasteiger partial charge in [0, 0.05) is 31.9 Å². The Balaban J connectivity index is 1.46. The van der Waals surface area contributed by atoms with E-state index in [1.807, 2.05) is 24.1 Å². The zero-order valence-corrected chi connectivity index (χ0v) is 14.5. The monoisotopic (exact) mass is 335 g/mol. The number of amides is 1. The predicted molar refractivity (Wildman–Crippen MR) is 97.0 cm³/mol. The molecule has 0 aliphatic carbocycles. The number of hydrogen-bond donors (Lipinski definition) is 0. The number of aryl methyl sites for hydroxylation is 2. The first kappa shape index (κ1) is 15.6. The van der Waals surface area contributed by atoms with E-state index in [2.05, 4.69) is 46.2 Å². The number of carbonyl (C=O) groups excluding carboxylic acids is 1. The Morgan fingerprint density at radius 2 is 1.84 bits per heavy atom. The van der Waals surface area contributed by atoms with E-state index in [0.717, 1.165) is 24.4 Å². The van der Waals surface area contributed by atoms with Crippen LogP contribution in [0, 0.1) is 13.8 Å². The Morgan fingerprint density at radius 1 is 1.04 bits per heavy atom. The van der Waals surface area contributed by atoms with Gasteiger partial charge in [0.15, 0.2) is 5.65 Å². The lowest BCUT2D eigenvalue weighted by Gasteiger charge is -2.36.